The van der Waals surface area contributed by atoms with Gasteiger partial charge in [-0.05, 0) is 19.1 Å². The standard InChI is InChI=1S/C13H18ClNO3/c1-8(2)15-7-10-11(14)5-4-6-12(10)18-9(3)13(16)17/h4-6,8-9,15H,7H2,1-3H3,(H,16,17). The Labute approximate surface area is 112 Å². The zero-order valence-electron chi connectivity index (χ0n) is 10.7. The fourth-order valence-corrected chi connectivity index (χ4v) is 1.60. The van der Waals surface area contributed by atoms with Gasteiger partial charge in [-0.3, -0.25) is 0 Å². The van der Waals surface area contributed by atoms with Gasteiger partial charge >= 0.3 is 5.97 Å². The maximum Gasteiger partial charge on any atom is 0.344 e. The second-order valence-corrected chi connectivity index (χ2v) is 4.76. The van der Waals surface area contributed by atoms with Crippen LogP contribution in [-0.4, -0.2) is 23.2 Å². The predicted octanol–water partition coefficient (Wildman–Crippen LogP) is 2.69. The summed E-state index contributed by atoms with van der Waals surface area (Å²) >= 11 is 6.11. The predicted molar refractivity (Wildman–Crippen MR) is 71.2 cm³/mol. The third kappa shape index (κ3) is 4.20. The van der Waals surface area contributed by atoms with Gasteiger partial charge < -0.3 is 15.2 Å². The normalized spacial score (nSPS) is 12.5. The smallest absolute Gasteiger partial charge is 0.344 e. The zero-order valence-corrected chi connectivity index (χ0v) is 11.5. The van der Waals surface area contributed by atoms with Crippen LogP contribution in [-0.2, 0) is 11.3 Å². The maximum absolute atomic E-state index is 10.8. The molecular formula is C13H18ClNO3. The van der Waals surface area contributed by atoms with Gasteiger partial charge in [0, 0.05) is 23.2 Å². The number of hydrogen-bond acceptors (Lipinski definition) is 3. The number of carboxylic acid groups (broad SMARTS) is 1. The number of carboxylic acids is 1. The lowest BCUT2D eigenvalue weighted by atomic mass is 10.2. The molecule has 1 aromatic carbocycles. The summed E-state index contributed by atoms with van der Waals surface area (Å²) in [5, 5.41) is 12.6. The molecule has 0 spiro atoms. The largest absolute Gasteiger partial charge is 0.479 e. The summed E-state index contributed by atoms with van der Waals surface area (Å²) in [5.41, 5.74) is 0.779. The molecule has 2 N–H and O–H groups in total. The Morgan fingerprint density at radius 2 is 2.11 bits per heavy atom. The molecule has 0 aromatic heterocycles. The molecule has 0 heterocycles. The molecule has 0 amide bonds. The number of halogens is 1. The zero-order chi connectivity index (χ0) is 13.7. The molecular weight excluding hydrogens is 254 g/mol. The average molecular weight is 272 g/mol. The van der Waals surface area contributed by atoms with E-state index in [1.54, 1.807) is 18.2 Å². The molecule has 1 aromatic rings. The van der Waals surface area contributed by atoms with Crippen molar-refractivity contribution in [3.05, 3.63) is 28.8 Å². The molecule has 0 saturated carbocycles. The van der Waals surface area contributed by atoms with Crippen LogP contribution in [0, 0.1) is 0 Å². The molecule has 5 heteroatoms. The number of aliphatic carboxylic acids is 1. The van der Waals surface area contributed by atoms with Crippen molar-refractivity contribution in [1.29, 1.82) is 0 Å². The fraction of sp³-hybridized carbons (Fsp3) is 0.462. The van der Waals surface area contributed by atoms with Crippen LogP contribution in [0.25, 0.3) is 0 Å². The summed E-state index contributed by atoms with van der Waals surface area (Å²) < 4.78 is 5.40. The van der Waals surface area contributed by atoms with Crippen LogP contribution in [0.15, 0.2) is 18.2 Å². The van der Waals surface area contributed by atoms with Crippen molar-refractivity contribution in [2.75, 3.05) is 0 Å². The first-order chi connectivity index (χ1) is 8.41. The number of hydrogen-bond donors (Lipinski definition) is 2. The molecule has 0 saturated heterocycles. The Kier molecular flexibility index (Phi) is 5.44. The minimum atomic E-state index is -1.00. The first kappa shape index (κ1) is 14.8. The first-order valence-corrected chi connectivity index (χ1v) is 6.20. The van der Waals surface area contributed by atoms with Crippen LogP contribution >= 0.6 is 11.6 Å². The van der Waals surface area contributed by atoms with Gasteiger partial charge in [-0.1, -0.05) is 31.5 Å². The molecule has 1 atom stereocenters. The van der Waals surface area contributed by atoms with E-state index in [-0.39, 0.29) is 0 Å². The summed E-state index contributed by atoms with van der Waals surface area (Å²) in [6.45, 7) is 6.08. The summed E-state index contributed by atoms with van der Waals surface area (Å²) in [4.78, 5) is 10.8. The number of carbonyl (C=O) groups is 1. The summed E-state index contributed by atoms with van der Waals surface area (Å²) in [5.74, 6) is -0.497. The van der Waals surface area contributed by atoms with Crippen molar-refractivity contribution in [3.63, 3.8) is 0 Å². The lowest BCUT2D eigenvalue weighted by Crippen LogP contribution is -2.25. The molecule has 0 aliphatic carbocycles. The highest BCUT2D eigenvalue weighted by atomic mass is 35.5. The second kappa shape index (κ2) is 6.61. The maximum atomic E-state index is 10.8. The van der Waals surface area contributed by atoms with Gasteiger partial charge in [0.2, 0.25) is 0 Å². The van der Waals surface area contributed by atoms with Crippen molar-refractivity contribution >= 4 is 17.6 Å². The highest BCUT2D eigenvalue weighted by Gasteiger charge is 2.16. The van der Waals surface area contributed by atoms with Gasteiger partial charge in [0.1, 0.15) is 5.75 Å². The molecule has 0 aliphatic heterocycles. The van der Waals surface area contributed by atoms with Crippen LogP contribution in [0.1, 0.15) is 26.3 Å². The van der Waals surface area contributed by atoms with Crippen molar-refractivity contribution in [1.82, 2.24) is 5.32 Å². The number of ether oxygens (including phenoxy) is 1. The van der Waals surface area contributed by atoms with E-state index in [2.05, 4.69) is 5.32 Å². The Balaban J connectivity index is 2.89. The van der Waals surface area contributed by atoms with Gasteiger partial charge in [0.15, 0.2) is 6.10 Å². The lowest BCUT2D eigenvalue weighted by Gasteiger charge is -2.17. The van der Waals surface area contributed by atoms with Gasteiger partial charge in [-0.25, -0.2) is 4.79 Å². The highest BCUT2D eigenvalue weighted by molar-refractivity contribution is 6.31. The van der Waals surface area contributed by atoms with E-state index in [1.807, 2.05) is 13.8 Å². The minimum Gasteiger partial charge on any atom is -0.479 e. The molecule has 1 rings (SSSR count). The van der Waals surface area contributed by atoms with E-state index in [9.17, 15) is 4.79 Å². The third-order valence-corrected chi connectivity index (χ3v) is 2.77. The van der Waals surface area contributed by atoms with E-state index < -0.39 is 12.1 Å². The molecule has 18 heavy (non-hydrogen) atoms. The Bertz CT molecular complexity index is 421. The van der Waals surface area contributed by atoms with Gasteiger partial charge in [-0.2, -0.15) is 0 Å². The number of benzene rings is 1. The Hall–Kier alpha value is -1.26. The van der Waals surface area contributed by atoms with Crippen LogP contribution < -0.4 is 10.1 Å². The third-order valence-electron chi connectivity index (χ3n) is 2.41. The number of nitrogens with one attached hydrogen (secondary N) is 1. The van der Waals surface area contributed by atoms with Crippen LogP contribution in [0.4, 0.5) is 0 Å². The van der Waals surface area contributed by atoms with E-state index >= 15 is 0 Å². The molecule has 1 unspecified atom stereocenters. The topological polar surface area (TPSA) is 58.6 Å². The van der Waals surface area contributed by atoms with E-state index in [0.29, 0.717) is 23.4 Å². The van der Waals surface area contributed by atoms with Crippen molar-refractivity contribution in [3.8, 4) is 5.75 Å². The SMILES string of the molecule is CC(C)NCc1c(Cl)cccc1OC(C)C(=O)O. The van der Waals surface area contributed by atoms with Crippen molar-refractivity contribution < 1.29 is 14.6 Å². The van der Waals surface area contributed by atoms with E-state index in [0.717, 1.165) is 5.56 Å². The first-order valence-electron chi connectivity index (χ1n) is 5.82. The number of rotatable bonds is 6. The Morgan fingerprint density at radius 3 is 2.67 bits per heavy atom. The molecule has 0 fully saturated rings. The summed E-state index contributed by atoms with van der Waals surface area (Å²) in [7, 11) is 0. The lowest BCUT2D eigenvalue weighted by molar-refractivity contribution is -0.144. The van der Waals surface area contributed by atoms with Gasteiger partial charge in [0.25, 0.3) is 0 Å². The second-order valence-electron chi connectivity index (χ2n) is 4.35. The minimum absolute atomic E-state index is 0.311. The van der Waals surface area contributed by atoms with Gasteiger partial charge in [0.05, 0.1) is 0 Å². The molecule has 0 bridgehead atoms. The van der Waals surface area contributed by atoms with Crippen LogP contribution in [0.2, 0.25) is 5.02 Å². The van der Waals surface area contributed by atoms with Gasteiger partial charge in [-0.15, -0.1) is 0 Å². The molecule has 4 nitrogen and oxygen atoms in total. The summed E-state index contributed by atoms with van der Waals surface area (Å²) in [6.07, 6.45) is -0.902. The monoisotopic (exact) mass is 271 g/mol. The molecule has 100 valence electrons. The highest BCUT2D eigenvalue weighted by Crippen LogP contribution is 2.27. The van der Waals surface area contributed by atoms with Crippen LogP contribution in [0.5, 0.6) is 5.75 Å². The fourth-order valence-electron chi connectivity index (χ4n) is 1.37. The average Bonchev–Trinajstić information content (AvgIpc) is 2.27. The van der Waals surface area contributed by atoms with Crippen molar-refractivity contribution in [2.45, 2.75) is 39.5 Å². The van der Waals surface area contributed by atoms with Crippen molar-refractivity contribution in [2.24, 2.45) is 0 Å². The van der Waals surface area contributed by atoms with Crippen LogP contribution in [0.3, 0.4) is 0 Å². The molecule has 0 aliphatic rings. The molecule has 0 radical (unpaired) electrons. The Morgan fingerprint density at radius 1 is 1.44 bits per heavy atom. The van der Waals surface area contributed by atoms with E-state index in [1.165, 1.54) is 6.92 Å². The quantitative estimate of drug-likeness (QED) is 0.835. The summed E-state index contributed by atoms with van der Waals surface area (Å²) in [6, 6.07) is 5.54. The van der Waals surface area contributed by atoms with E-state index in [4.69, 9.17) is 21.4 Å².